The number of amides is 2. The Morgan fingerprint density at radius 2 is 1.54 bits per heavy atom. The molecule has 0 aliphatic carbocycles. The molecule has 2 amide bonds. The van der Waals surface area contributed by atoms with Crippen molar-refractivity contribution in [3.05, 3.63) is 95.1 Å². The lowest BCUT2D eigenvalue weighted by Gasteiger charge is -2.31. The van der Waals surface area contributed by atoms with E-state index in [1.807, 2.05) is 86.6 Å². The van der Waals surface area contributed by atoms with Gasteiger partial charge in [-0.2, -0.15) is 0 Å². The molecule has 37 heavy (non-hydrogen) atoms. The molecular formula is C31H38N2O4. The second kappa shape index (κ2) is 14.1. The Morgan fingerprint density at radius 3 is 2.19 bits per heavy atom. The first-order valence-electron chi connectivity index (χ1n) is 12.8. The summed E-state index contributed by atoms with van der Waals surface area (Å²) < 4.78 is 10.8. The highest BCUT2D eigenvalue weighted by molar-refractivity contribution is 5.88. The molecule has 3 aromatic rings. The summed E-state index contributed by atoms with van der Waals surface area (Å²) >= 11 is 0. The number of ether oxygens (including phenoxy) is 2. The molecule has 0 saturated heterocycles. The van der Waals surface area contributed by atoms with E-state index in [0.717, 1.165) is 28.7 Å². The first-order valence-corrected chi connectivity index (χ1v) is 12.8. The highest BCUT2D eigenvalue weighted by Crippen LogP contribution is 2.28. The lowest BCUT2D eigenvalue weighted by Crippen LogP contribution is -2.50. The molecule has 1 atom stereocenters. The fourth-order valence-corrected chi connectivity index (χ4v) is 4.24. The van der Waals surface area contributed by atoms with Gasteiger partial charge in [0.15, 0.2) is 11.5 Å². The highest BCUT2D eigenvalue weighted by Gasteiger charge is 2.30. The first-order chi connectivity index (χ1) is 17.9. The van der Waals surface area contributed by atoms with Crippen molar-refractivity contribution in [1.82, 2.24) is 10.2 Å². The van der Waals surface area contributed by atoms with Crippen LogP contribution >= 0.6 is 0 Å². The molecule has 1 N–H and O–H groups in total. The van der Waals surface area contributed by atoms with Crippen LogP contribution in [-0.2, 0) is 29.0 Å². The Labute approximate surface area is 220 Å². The van der Waals surface area contributed by atoms with E-state index in [1.54, 1.807) is 19.1 Å². The molecule has 0 unspecified atom stereocenters. The van der Waals surface area contributed by atoms with Crippen LogP contribution in [0.4, 0.5) is 0 Å². The van der Waals surface area contributed by atoms with Gasteiger partial charge in [0, 0.05) is 25.9 Å². The van der Waals surface area contributed by atoms with Gasteiger partial charge in [-0.25, -0.2) is 0 Å². The van der Waals surface area contributed by atoms with Crippen molar-refractivity contribution in [3.63, 3.8) is 0 Å². The molecule has 0 fully saturated rings. The summed E-state index contributed by atoms with van der Waals surface area (Å²) in [6.45, 7) is 4.99. The first kappa shape index (κ1) is 27.8. The van der Waals surface area contributed by atoms with Crippen LogP contribution in [0.1, 0.15) is 42.0 Å². The maximum Gasteiger partial charge on any atom is 0.243 e. The quantitative estimate of drug-likeness (QED) is 0.353. The van der Waals surface area contributed by atoms with Crippen LogP contribution in [0, 0.1) is 6.92 Å². The van der Waals surface area contributed by atoms with Crippen molar-refractivity contribution < 1.29 is 19.1 Å². The van der Waals surface area contributed by atoms with E-state index in [1.165, 1.54) is 0 Å². The number of nitrogens with one attached hydrogen (secondary N) is 1. The molecule has 0 aliphatic rings. The van der Waals surface area contributed by atoms with E-state index in [4.69, 9.17) is 9.47 Å². The van der Waals surface area contributed by atoms with Crippen LogP contribution in [0.2, 0.25) is 0 Å². The second-order valence-corrected chi connectivity index (χ2v) is 9.19. The number of hydrogen-bond acceptors (Lipinski definition) is 4. The number of hydrogen-bond donors (Lipinski definition) is 1. The van der Waals surface area contributed by atoms with Gasteiger partial charge < -0.3 is 19.7 Å². The Bertz CT molecular complexity index is 1150. The molecular weight excluding hydrogens is 464 g/mol. The standard InChI is InChI=1S/C31H38N2O4/c1-5-19-32-31(35)27(20-24-9-7-6-8-10-24)33(22-26-13-11-23(2)12-14-26)30(34)18-16-25-15-17-28(36-3)29(21-25)37-4/h6-15,17,21,27H,5,16,18-20,22H2,1-4H3,(H,32,35)/t27-/m0/s1. The van der Waals surface area contributed by atoms with Crippen molar-refractivity contribution in [2.45, 2.75) is 52.1 Å². The summed E-state index contributed by atoms with van der Waals surface area (Å²) in [4.78, 5) is 28.9. The summed E-state index contributed by atoms with van der Waals surface area (Å²) in [5, 5.41) is 3.02. The van der Waals surface area contributed by atoms with E-state index in [2.05, 4.69) is 5.32 Å². The van der Waals surface area contributed by atoms with Crippen LogP contribution in [0.5, 0.6) is 11.5 Å². The van der Waals surface area contributed by atoms with Gasteiger partial charge in [0.1, 0.15) is 6.04 Å². The molecule has 196 valence electrons. The summed E-state index contributed by atoms with van der Waals surface area (Å²) in [5.74, 6) is 1.08. The number of methoxy groups -OCH3 is 2. The zero-order valence-corrected chi connectivity index (χ0v) is 22.3. The van der Waals surface area contributed by atoms with Crippen molar-refractivity contribution in [3.8, 4) is 11.5 Å². The van der Waals surface area contributed by atoms with Crippen molar-refractivity contribution in [2.24, 2.45) is 0 Å². The zero-order valence-electron chi connectivity index (χ0n) is 22.3. The minimum absolute atomic E-state index is 0.0667. The Balaban J connectivity index is 1.88. The lowest BCUT2D eigenvalue weighted by atomic mass is 10.0. The highest BCUT2D eigenvalue weighted by atomic mass is 16.5. The number of benzene rings is 3. The maximum absolute atomic E-state index is 13.8. The molecule has 6 heteroatoms. The molecule has 3 rings (SSSR count). The summed E-state index contributed by atoms with van der Waals surface area (Å²) in [5.41, 5.74) is 4.13. The molecule has 0 bridgehead atoms. The van der Waals surface area contributed by atoms with Gasteiger partial charge in [-0.05, 0) is 48.6 Å². The minimum atomic E-state index is -0.617. The van der Waals surface area contributed by atoms with Gasteiger partial charge in [0.25, 0.3) is 0 Å². The van der Waals surface area contributed by atoms with Crippen molar-refractivity contribution >= 4 is 11.8 Å². The van der Waals surface area contributed by atoms with Crippen LogP contribution < -0.4 is 14.8 Å². The number of carbonyl (C=O) groups is 2. The van der Waals surface area contributed by atoms with Crippen molar-refractivity contribution in [1.29, 1.82) is 0 Å². The monoisotopic (exact) mass is 502 g/mol. The van der Waals surface area contributed by atoms with Gasteiger partial charge in [-0.3, -0.25) is 9.59 Å². The number of aryl methyl sites for hydroxylation is 2. The Hall–Kier alpha value is -3.80. The van der Waals surface area contributed by atoms with Crippen LogP contribution in [0.3, 0.4) is 0 Å². The predicted octanol–water partition coefficient (Wildman–Crippen LogP) is 5.11. The normalized spacial score (nSPS) is 11.5. The molecule has 0 spiro atoms. The summed E-state index contributed by atoms with van der Waals surface area (Å²) in [6.07, 6.45) is 2.07. The largest absolute Gasteiger partial charge is 0.493 e. The smallest absolute Gasteiger partial charge is 0.243 e. The maximum atomic E-state index is 13.8. The third kappa shape index (κ3) is 8.10. The average molecular weight is 503 g/mol. The molecule has 3 aromatic carbocycles. The zero-order chi connectivity index (χ0) is 26.6. The van der Waals surface area contributed by atoms with Crippen molar-refractivity contribution in [2.75, 3.05) is 20.8 Å². The van der Waals surface area contributed by atoms with E-state index in [9.17, 15) is 9.59 Å². The molecule has 6 nitrogen and oxygen atoms in total. The van der Waals surface area contributed by atoms with Gasteiger partial charge >= 0.3 is 0 Å². The predicted molar refractivity (Wildman–Crippen MR) is 147 cm³/mol. The van der Waals surface area contributed by atoms with Gasteiger partial charge in [-0.15, -0.1) is 0 Å². The third-order valence-corrected chi connectivity index (χ3v) is 6.37. The Kier molecular flexibility index (Phi) is 10.6. The average Bonchev–Trinajstić information content (AvgIpc) is 2.93. The van der Waals surface area contributed by atoms with E-state index >= 15 is 0 Å². The van der Waals surface area contributed by atoms with Crippen LogP contribution in [0.25, 0.3) is 0 Å². The van der Waals surface area contributed by atoms with E-state index in [0.29, 0.717) is 37.4 Å². The molecule has 0 radical (unpaired) electrons. The van der Waals surface area contributed by atoms with Gasteiger partial charge in [-0.1, -0.05) is 73.2 Å². The van der Waals surface area contributed by atoms with Gasteiger partial charge in [0.05, 0.1) is 14.2 Å². The molecule has 0 saturated carbocycles. The lowest BCUT2D eigenvalue weighted by molar-refractivity contribution is -0.141. The molecule has 0 aliphatic heterocycles. The molecule has 0 heterocycles. The number of rotatable bonds is 13. The topological polar surface area (TPSA) is 67.9 Å². The fraction of sp³-hybridized carbons (Fsp3) is 0.355. The summed E-state index contributed by atoms with van der Waals surface area (Å²) in [6, 6.07) is 23.0. The van der Waals surface area contributed by atoms with Crippen LogP contribution in [-0.4, -0.2) is 43.5 Å². The number of nitrogens with zero attached hydrogens (tertiary/aromatic N) is 1. The minimum Gasteiger partial charge on any atom is -0.493 e. The molecule has 0 aromatic heterocycles. The SMILES string of the molecule is CCCNC(=O)[C@H](Cc1ccccc1)N(Cc1ccc(C)cc1)C(=O)CCc1ccc(OC)c(OC)c1. The van der Waals surface area contributed by atoms with E-state index in [-0.39, 0.29) is 18.2 Å². The Morgan fingerprint density at radius 1 is 0.865 bits per heavy atom. The number of carbonyl (C=O) groups excluding carboxylic acids is 2. The summed E-state index contributed by atoms with van der Waals surface area (Å²) in [7, 11) is 3.19. The third-order valence-electron chi connectivity index (χ3n) is 6.37. The fourth-order valence-electron chi connectivity index (χ4n) is 4.24. The van der Waals surface area contributed by atoms with Gasteiger partial charge in [0.2, 0.25) is 11.8 Å². The van der Waals surface area contributed by atoms with Crippen LogP contribution in [0.15, 0.2) is 72.8 Å². The second-order valence-electron chi connectivity index (χ2n) is 9.19. The van der Waals surface area contributed by atoms with E-state index < -0.39 is 6.04 Å².